The fourth-order valence-electron chi connectivity index (χ4n) is 3.11. The van der Waals surface area contributed by atoms with E-state index < -0.39 is 5.97 Å². The maximum absolute atomic E-state index is 11.9. The third-order valence-corrected chi connectivity index (χ3v) is 4.55. The van der Waals surface area contributed by atoms with Crippen molar-refractivity contribution in [1.82, 2.24) is 30.4 Å². The van der Waals surface area contributed by atoms with Gasteiger partial charge in [0, 0.05) is 16.6 Å². The number of nitrogens with zero attached hydrogens (tertiary/aromatic N) is 4. The first-order chi connectivity index (χ1) is 14.2. The summed E-state index contributed by atoms with van der Waals surface area (Å²) >= 11 is 0. The molecule has 0 bridgehead atoms. The zero-order valence-electron chi connectivity index (χ0n) is 15.3. The molecule has 9 heteroatoms. The molecular formula is C20H15N7O2. The standard InChI is InChI=1S/C20H15N7O2/c1-29-20(28)12-4-2-3-11(7-12)18-24-16-10-22-27-17(16)19(25-18)23-14-6-5-13-9-21-26-15(13)8-14/h2-10H,1H3,(H,21,26)(H,22,27)(H,23,24,25). The highest BCUT2D eigenvalue weighted by molar-refractivity contribution is 5.92. The highest BCUT2D eigenvalue weighted by Gasteiger charge is 2.14. The van der Waals surface area contributed by atoms with Crippen molar-refractivity contribution < 1.29 is 9.53 Å². The van der Waals surface area contributed by atoms with Crippen LogP contribution in [0.25, 0.3) is 33.3 Å². The molecule has 9 nitrogen and oxygen atoms in total. The second-order valence-electron chi connectivity index (χ2n) is 6.40. The first-order valence-electron chi connectivity index (χ1n) is 8.81. The van der Waals surface area contributed by atoms with Crippen molar-refractivity contribution in [3.8, 4) is 11.4 Å². The van der Waals surface area contributed by atoms with E-state index in [1.807, 2.05) is 24.3 Å². The monoisotopic (exact) mass is 385 g/mol. The predicted molar refractivity (Wildman–Crippen MR) is 108 cm³/mol. The number of rotatable bonds is 4. The van der Waals surface area contributed by atoms with Crippen molar-refractivity contribution in [2.45, 2.75) is 0 Å². The number of ether oxygens (including phenoxy) is 1. The second-order valence-corrected chi connectivity index (χ2v) is 6.40. The average molecular weight is 385 g/mol. The van der Waals surface area contributed by atoms with Crippen LogP contribution in [0.4, 0.5) is 11.5 Å². The molecule has 0 spiro atoms. The Morgan fingerprint density at radius 2 is 1.93 bits per heavy atom. The number of anilines is 2. The van der Waals surface area contributed by atoms with Crippen LogP contribution in [0.15, 0.2) is 54.9 Å². The van der Waals surface area contributed by atoms with E-state index in [0.717, 1.165) is 16.6 Å². The number of carbonyl (C=O) groups is 1. The molecule has 0 saturated carbocycles. The largest absolute Gasteiger partial charge is 0.465 e. The topological polar surface area (TPSA) is 121 Å². The molecule has 0 aliphatic carbocycles. The van der Waals surface area contributed by atoms with Crippen molar-refractivity contribution in [2.75, 3.05) is 12.4 Å². The number of H-pyrrole nitrogens is 2. The smallest absolute Gasteiger partial charge is 0.337 e. The molecule has 0 radical (unpaired) electrons. The zero-order valence-corrected chi connectivity index (χ0v) is 15.3. The van der Waals surface area contributed by atoms with E-state index in [-0.39, 0.29) is 0 Å². The van der Waals surface area contributed by atoms with E-state index in [0.29, 0.717) is 33.8 Å². The number of carbonyl (C=O) groups excluding carboxylic acids is 1. The lowest BCUT2D eigenvalue weighted by molar-refractivity contribution is 0.0601. The van der Waals surface area contributed by atoms with Crippen LogP contribution in [-0.2, 0) is 4.74 Å². The maximum Gasteiger partial charge on any atom is 0.337 e. The van der Waals surface area contributed by atoms with Crippen molar-refractivity contribution in [1.29, 1.82) is 0 Å². The molecular weight excluding hydrogens is 370 g/mol. The third-order valence-electron chi connectivity index (χ3n) is 4.55. The first-order valence-corrected chi connectivity index (χ1v) is 8.81. The van der Waals surface area contributed by atoms with Gasteiger partial charge in [-0.3, -0.25) is 10.2 Å². The van der Waals surface area contributed by atoms with Crippen molar-refractivity contribution in [2.24, 2.45) is 0 Å². The number of hydrogen-bond acceptors (Lipinski definition) is 7. The van der Waals surface area contributed by atoms with Crippen molar-refractivity contribution in [3.63, 3.8) is 0 Å². The van der Waals surface area contributed by atoms with Crippen LogP contribution < -0.4 is 5.32 Å². The normalized spacial score (nSPS) is 11.1. The molecule has 0 saturated heterocycles. The lowest BCUT2D eigenvalue weighted by Gasteiger charge is -2.09. The Kier molecular flexibility index (Phi) is 3.91. The Labute approximate surface area is 164 Å². The quantitative estimate of drug-likeness (QED) is 0.405. The van der Waals surface area contributed by atoms with Gasteiger partial charge >= 0.3 is 5.97 Å². The maximum atomic E-state index is 11.9. The number of methoxy groups -OCH3 is 1. The molecule has 142 valence electrons. The molecule has 0 amide bonds. The third kappa shape index (κ3) is 3.04. The van der Waals surface area contributed by atoms with Gasteiger partial charge in [-0.15, -0.1) is 0 Å². The van der Waals surface area contributed by atoms with Crippen LogP contribution in [0.3, 0.4) is 0 Å². The minimum absolute atomic E-state index is 0.414. The van der Waals surface area contributed by atoms with Gasteiger partial charge in [-0.2, -0.15) is 10.2 Å². The lowest BCUT2D eigenvalue weighted by Crippen LogP contribution is -2.02. The number of fused-ring (bicyclic) bond motifs is 2. The van der Waals surface area contributed by atoms with E-state index in [1.54, 1.807) is 30.6 Å². The number of aromatic amines is 2. The van der Waals surface area contributed by atoms with Gasteiger partial charge in [-0.25, -0.2) is 14.8 Å². The van der Waals surface area contributed by atoms with Gasteiger partial charge in [-0.1, -0.05) is 12.1 Å². The second kappa shape index (κ2) is 6.71. The summed E-state index contributed by atoms with van der Waals surface area (Å²) in [6.07, 6.45) is 3.40. The van der Waals surface area contributed by atoms with Crippen LogP contribution in [0.5, 0.6) is 0 Å². The molecule has 0 aliphatic rings. The molecule has 0 aliphatic heterocycles. The fourth-order valence-corrected chi connectivity index (χ4v) is 3.11. The Morgan fingerprint density at radius 3 is 2.83 bits per heavy atom. The molecule has 3 N–H and O–H groups in total. The molecule has 3 aromatic heterocycles. The van der Waals surface area contributed by atoms with Crippen LogP contribution >= 0.6 is 0 Å². The van der Waals surface area contributed by atoms with Crippen LogP contribution in [0.2, 0.25) is 0 Å². The predicted octanol–water partition coefficient (Wildman–Crippen LogP) is 3.43. The Hall–Kier alpha value is -4.27. The first kappa shape index (κ1) is 16.9. The Balaban J connectivity index is 1.59. The van der Waals surface area contributed by atoms with E-state index in [2.05, 4.69) is 35.7 Å². The summed E-state index contributed by atoms with van der Waals surface area (Å²) < 4.78 is 4.80. The molecule has 0 fully saturated rings. The van der Waals surface area contributed by atoms with Crippen LogP contribution in [-0.4, -0.2) is 43.4 Å². The summed E-state index contributed by atoms with van der Waals surface area (Å²) in [5.41, 5.74) is 4.22. The average Bonchev–Trinajstić information content (AvgIpc) is 3.42. The molecule has 0 atom stereocenters. The van der Waals surface area contributed by atoms with E-state index in [1.165, 1.54) is 7.11 Å². The minimum Gasteiger partial charge on any atom is -0.465 e. The summed E-state index contributed by atoms with van der Waals surface area (Å²) in [6.45, 7) is 0. The van der Waals surface area contributed by atoms with E-state index in [4.69, 9.17) is 4.74 Å². The van der Waals surface area contributed by atoms with Gasteiger partial charge in [0.2, 0.25) is 0 Å². The van der Waals surface area contributed by atoms with Crippen LogP contribution in [0.1, 0.15) is 10.4 Å². The van der Waals surface area contributed by atoms with Crippen molar-refractivity contribution in [3.05, 3.63) is 60.4 Å². The van der Waals surface area contributed by atoms with Gasteiger partial charge in [0.25, 0.3) is 0 Å². The van der Waals surface area contributed by atoms with Gasteiger partial charge in [0.1, 0.15) is 11.0 Å². The Bertz CT molecular complexity index is 1360. The van der Waals surface area contributed by atoms with Gasteiger partial charge in [-0.05, 0) is 30.3 Å². The number of benzene rings is 2. The molecule has 29 heavy (non-hydrogen) atoms. The number of aromatic nitrogens is 6. The van der Waals surface area contributed by atoms with Gasteiger partial charge in [0.15, 0.2) is 11.6 Å². The molecule has 0 unspecified atom stereocenters. The van der Waals surface area contributed by atoms with Crippen molar-refractivity contribution >= 4 is 39.4 Å². The molecule has 5 rings (SSSR count). The van der Waals surface area contributed by atoms with Gasteiger partial charge in [0.05, 0.1) is 30.6 Å². The molecule has 2 aromatic carbocycles. The van der Waals surface area contributed by atoms with Crippen LogP contribution in [0, 0.1) is 0 Å². The molecule has 3 heterocycles. The van der Waals surface area contributed by atoms with E-state index >= 15 is 0 Å². The highest BCUT2D eigenvalue weighted by atomic mass is 16.5. The van der Waals surface area contributed by atoms with E-state index in [9.17, 15) is 4.79 Å². The zero-order chi connectivity index (χ0) is 19.8. The lowest BCUT2D eigenvalue weighted by atomic mass is 10.1. The summed E-state index contributed by atoms with van der Waals surface area (Å²) in [4.78, 5) is 21.1. The summed E-state index contributed by atoms with van der Waals surface area (Å²) in [5, 5.41) is 18.3. The number of esters is 1. The molecule has 5 aromatic rings. The summed E-state index contributed by atoms with van der Waals surface area (Å²) in [7, 11) is 1.35. The minimum atomic E-state index is -0.414. The SMILES string of the molecule is COC(=O)c1cccc(-c2nc(Nc3ccc4cn[nH]c4c3)c3[nH]ncc3n2)c1. The summed E-state index contributed by atoms with van der Waals surface area (Å²) in [5.74, 6) is 0.627. The highest BCUT2D eigenvalue weighted by Crippen LogP contribution is 2.27. The number of nitrogens with one attached hydrogen (secondary N) is 3. The van der Waals surface area contributed by atoms with Gasteiger partial charge < -0.3 is 10.1 Å². The summed E-state index contributed by atoms with van der Waals surface area (Å²) in [6, 6.07) is 12.9. The fraction of sp³-hybridized carbons (Fsp3) is 0.0500. The Morgan fingerprint density at radius 1 is 1.03 bits per heavy atom. The number of hydrogen-bond donors (Lipinski definition) is 3.